The monoisotopic (exact) mass is 393 g/mol. The summed E-state index contributed by atoms with van der Waals surface area (Å²) >= 11 is 5.71. The highest BCUT2D eigenvalue weighted by molar-refractivity contribution is 6.17. The van der Waals surface area contributed by atoms with Gasteiger partial charge in [0.1, 0.15) is 0 Å². The van der Waals surface area contributed by atoms with Gasteiger partial charge in [-0.3, -0.25) is 4.79 Å². The lowest BCUT2D eigenvalue weighted by Crippen LogP contribution is -2.14. The van der Waals surface area contributed by atoms with Crippen LogP contribution >= 0.6 is 11.6 Å². The molecular formula is C19H15ClF3N3O. The molecule has 1 aromatic heterocycles. The molecule has 0 bridgehead atoms. The quantitative estimate of drug-likeness (QED) is 0.620. The first-order chi connectivity index (χ1) is 12.8. The topological polar surface area (TPSA) is 46.9 Å². The highest BCUT2D eigenvalue weighted by Crippen LogP contribution is 2.33. The molecule has 0 aliphatic carbocycles. The second-order valence-electron chi connectivity index (χ2n) is 5.97. The van der Waals surface area contributed by atoms with Gasteiger partial charge in [0, 0.05) is 29.0 Å². The smallest absolute Gasteiger partial charge is 0.322 e. The van der Waals surface area contributed by atoms with E-state index < -0.39 is 17.6 Å². The maximum Gasteiger partial charge on any atom is 0.416 e. The molecule has 140 valence electrons. The highest BCUT2D eigenvalue weighted by atomic mass is 35.5. The van der Waals surface area contributed by atoms with E-state index in [2.05, 4.69) is 10.3 Å². The summed E-state index contributed by atoms with van der Waals surface area (Å²) in [5, 5.41) is 2.52. The van der Waals surface area contributed by atoms with Gasteiger partial charge in [-0.2, -0.15) is 13.2 Å². The molecule has 1 amide bonds. The minimum Gasteiger partial charge on any atom is -0.322 e. The van der Waals surface area contributed by atoms with Gasteiger partial charge in [0.05, 0.1) is 17.6 Å². The van der Waals surface area contributed by atoms with Crippen LogP contribution in [0.3, 0.4) is 0 Å². The number of benzene rings is 2. The number of anilines is 1. The van der Waals surface area contributed by atoms with Crippen LogP contribution in [0.15, 0.2) is 55.0 Å². The molecule has 0 unspecified atom stereocenters. The molecule has 0 spiro atoms. The third-order valence-corrected chi connectivity index (χ3v) is 4.19. The fourth-order valence-electron chi connectivity index (χ4n) is 2.51. The normalized spacial score (nSPS) is 11.4. The van der Waals surface area contributed by atoms with Crippen LogP contribution in [-0.2, 0) is 12.1 Å². The first-order valence-corrected chi connectivity index (χ1v) is 8.49. The number of hydrogen-bond donors (Lipinski definition) is 1. The van der Waals surface area contributed by atoms with Crippen molar-refractivity contribution in [3.05, 3.63) is 77.4 Å². The van der Waals surface area contributed by atoms with E-state index in [1.54, 1.807) is 37.4 Å². The summed E-state index contributed by atoms with van der Waals surface area (Å²) in [6.45, 7) is 1.73. The molecule has 4 nitrogen and oxygen atoms in total. The number of alkyl halides is 4. The SMILES string of the molecule is Cc1cn(-c2cc(NC(=O)c3ccc(CCl)cc3)cc(C(F)(F)F)c2)cn1. The Kier molecular flexibility index (Phi) is 5.23. The second-order valence-corrected chi connectivity index (χ2v) is 6.24. The van der Waals surface area contributed by atoms with Crippen molar-refractivity contribution in [2.45, 2.75) is 19.0 Å². The molecule has 0 atom stereocenters. The molecule has 3 rings (SSSR count). The summed E-state index contributed by atoms with van der Waals surface area (Å²) in [4.78, 5) is 16.4. The van der Waals surface area contributed by atoms with E-state index in [1.165, 1.54) is 17.0 Å². The first-order valence-electron chi connectivity index (χ1n) is 7.96. The molecule has 2 aromatic carbocycles. The van der Waals surface area contributed by atoms with Gasteiger partial charge in [0.2, 0.25) is 0 Å². The average Bonchev–Trinajstić information content (AvgIpc) is 3.07. The molecule has 3 aromatic rings. The number of aryl methyl sites for hydroxylation is 1. The lowest BCUT2D eigenvalue weighted by atomic mass is 10.1. The maximum absolute atomic E-state index is 13.3. The van der Waals surface area contributed by atoms with Gasteiger partial charge in [-0.15, -0.1) is 11.6 Å². The number of amides is 1. The lowest BCUT2D eigenvalue weighted by molar-refractivity contribution is -0.137. The van der Waals surface area contributed by atoms with E-state index in [0.29, 0.717) is 17.1 Å². The van der Waals surface area contributed by atoms with E-state index in [1.807, 2.05) is 0 Å². The Balaban J connectivity index is 1.94. The highest BCUT2D eigenvalue weighted by Gasteiger charge is 2.31. The third kappa shape index (κ3) is 4.49. The van der Waals surface area contributed by atoms with Gasteiger partial charge >= 0.3 is 6.18 Å². The molecule has 0 saturated carbocycles. The molecule has 0 saturated heterocycles. The van der Waals surface area contributed by atoms with Gasteiger partial charge < -0.3 is 9.88 Å². The summed E-state index contributed by atoms with van der Waals surface area (Å²) in [5.41, 5.74) is 1.25. The Hall–Kier alpha value is -2.80. The Morgan fingerprint density at radius 1 is 1.19 bits per heavy atom. The fourth-order valence-corrected chi connectivity index (χ4v) is 2.69. The number of imidazole rings is 1. The van der Waals surface area contributed by atoms with Crippen LogP contribution in [0.1, 0.15) is 27.2 Å². The number of nitrogens with zero attached hydrogens (tertiary/aromatic N) is 2. The standard InChI is InChI=1S/C19H15ClF3N3O/c1-12-10-26(11-24-12)17-7-15(19(21,22)23)6-16(8-17)25-18(27)14-4-2-13(9-20)3-5-14/h2-8,10-11H,9H2,1H3,(H,25,27). The molecule has 0 aliphatic heterocycles. The number of rotatable bonds is 4. The molecule has 1 N–H and O–H groups in total. The molecule has 1 heterocycles. The number of hydrogen-bond acceptors (Lipinski definition) is 2. The number of aromatic nitrogens is 2. The zero-order valence-electron chi connectivity index (χ0n) is 14.2. The summed E-state index contributed by atoms with van der Waals surface area (Å²) in [5.74, 6) is -0.202. The summed E-state index contributed by atoms with van der Waals surface area (Å²) in [7, 11) is 0. The number of carbonyl (C=O) groups excluding carboxylic acids is 1. The van der Waals surface area contributed by atoms with Crippen molar-refractivity contribution < 1.29 is 18.0 Å². The van der Waals surface area contributed by atoms with Gasteiger partial charge in [0.25, 0.3) is 5.91 Å². The van der Waals surface area contributed by atoms with E-state index >= 15 is 0 Å². The maximum atomic E-state index is 13.3. The van der Waals surface area contributed by atoms with Crippen LogP contribution in [0, 0.1) is 6.92 Å². The third-order valence-electron chi connectivity index (χ3n) is 3.88. The Morgan fingerprint density at radius 3 is 2.44 bits per heavy atom. The van der Waals surface area contributed by atoms with Crippen LogP contribution in [-0.4, -0.2) is 15.5 Å². The van der Waals surface area contributed by atoms with Crippen LogP contribution in [0.5, 0.6) is 0 Å². The molecular weight excluding hydrogens is 379 g/mol. The van der Waals surface area contributed by atoms with Gasteiger partial charge in [-0.1, -0.05) is 12.1 Å². The van der Waals surface area contributed by atoms with Crippen molar-refractivity contribution in [2.24, 2.45) is 0 Å². The van der Waals surface area contributed by atoms with Crippen molar-refractivity contribution in [2.75, 3.05) is 5.32 Å². The van der Waals surface area contributed by atoms with Crippen LogP contribution in [0.4, 0.5) is 18.9 Å². The minimum atomic E-state index is -4.55. The summed E-state index contributed by atoms with van der Waals surface area (Å²) < 4.78 is 41.3. The van der Waals surface area contributed by atoms with Gasteiger partial charge in [0.15, 0.2) is 0 Å². The van der Waals surface area contributed by atoms with E-state index in [0.717, 1.165) is 17.7 Å². The average molecular weight is 394 g/mol. The zero-order chi connectivity index (χ0) is 19.6. The van der Waals surface area contributed by atoms with E-state index in [9.17, 15) is 18.0 Å². The first kappa shape index (κ1) is 19.0. The predicted octanol–water partition coefficient (Wildman–Crippen LogP) is 5.19. The summed E-state index contributed by atoms with van der Waals surface area (Å²) in [6, 6.07) is 9.88. The molecule has 0 radical (unpaired) electrons. The van der Waals surface area contributed by atoms with Crippen LogP contribution in [0.25, 0.3) is 5.69 Å². The minimum absolute atomic E-state index is 0.0394. The van der Waals surface area contributed by atoms with Gasteiger partial charge in [-0.05, 0) is 42.8 Å². The number of nitrogens with one attached hydrogen (secondary N) is 1. The van der Waals surface area contributed by atoms with Crippen molar-refractivity contribution in [1.29, 1.82) is 0 Å². The number of halogens is 4. The van der Waals surface area contributed by atoms with Crippen molar-refractivity contribution in [3.8, 4) is 5.69 Å². The second kappa shape index (κ2) is 7.44. The Morgan fingerprint density at radius 2 is 1.89 bits per heavy atom. The van der Waals surface area contributed by atoms with Crippen LogP contribution in [0.2, 0.25) is 0 Å². The number of carbonyl (C=O) groups is 1. The molecule has 0 fully saturated rings. The van der Waals surface area contributed by atoms with Crippen LogP contribution < -0.4 is 5.32 Å². The van der Waals surface area contributed by atoms with E-state index in [4.69, 9.17) is 11.6 Å². The van der Waals surface area contributed by atoms with E-state index in [-0.39, 0.29) is 11.4 Å². The molecule has 8 heteroatoms. The Bertz CT molecular complexity index is 965. The molecule has 27 heavy (non-hydrogen) atoms. The van der Waals surface area contributed by atoms with Crippen molar-refractivity contribution in [3.63, 3.8) is 0 Å². The predicted molar refractivity (Wildman–Crippen MR) is 97.3 cm³/mol. The Labute approximate surface area is 158 Å². The largest absolute Gasteiger partial charge is 0.416 e. The van der Waals surface area contributed by atoms with Crippen molar-refractivity contribution in [1.82, 2.24) is 9.55 Å². The summed E-state index contributed by atoms with van der Waals surface area (Å²) in [6.07, 6.45) is -1.53. The van der Waals surface area contributed by atoms with Crippen molar-refractivity contribution >= 4 is 23.2 Å². The lowest BCUT2D eigenvalue weighted by Gasteiger charge is -2.13. The fraction of sp³-hybridized carbons (Fsp3) is 0.158. The van der Waals surface area contributed by atoms with Gasteiger partial charge in [-0.25, -0.2) is 4.98 Å². The zero-order valence-corrected chi connectivity index (χ0v) is 15.0. The molecule has 0 aliphatic rings.